The number of hydrogen-bond donors (Lipinski definition) is 1. The highest BCUT2D eigenvalue weighted by atomic mass is 16.5. The highest BCUT2D eigenvalue weighted by Gasteiger charge is 2.03. The lowest BCUT2D eigenvalue weighted by Gasteiger charge is -2.07. The summed E-state index contributed by atoms with van der Waals surface area (Å²) in [5.74, 6) is 1.52. The molecule has 2 rings (SSSR count). The van der Waals surface area contributed by atoms with Crippen LogP contribution in [0.5, 0.6) is 17.2 Å². The zero-order valence-corrected chi connectivity index (χ0v) is 10.8. The molecule has 0 amide bonds. The molecule has 0 aliphatic carbocycles. The van der Waals surface area contributed by atoms with Crippen molar-refractivity contribution in [1.29, 1.82) is 0 Å². The summed E-state index contributed by atoms with van der Waals surface area (Å²) in [7, 11) is 3.17. The molecule has 0 saturated carbocycles. The Bertz CT molecular complexity index is 594. The van der Waals surface area contributed by atoms with Gasteiger partial charge in [0.05, 0.1) is 19.9 Å². The fourth-order valence-corrected chi connectivity index (χ4v) is 1.66. The molecule has 4 nitrogen and oxygen atoms in total. The maximum absolute atomic E-state index is 9.36. The molecule has 0 atom stereocenters. The second kappa shape index (κ2) is 5.91. The van der Waals surface area contributed by atoms with Gasteiger partial charge >= 0.3 is 0 Å². The minimum Gasteiger partial charge on any atom is -0.508 e. The van der Waals surface area contributed by atoms with Crippen LogP contribution in [0.15, 0.2) is 47.5 Å². The Kier molecular flexibility index (Phi) is 4.03. The van der Waals surface area contributed by atoms with Crippen LogP contribution in [0.3, 0.4) is 0 Å². The summed E-state index contributed by atoms with van der Waals surface area (Å²) in [4.78, 5) is 4.33. The maximum atomic E-state index is 9.36. The number of ether oxygens (including phenoxy) is 2. The number of rotatable bonds is 4. The van der Waals surface area contributed by atoms with E-state index in [-0.39, 0.29) is 5.75 Å². The number of hydrogen-bond acceptors (Lipinski definition) is 4. The molecule has 98 valence electrons. The summed E-state index contributed by atoms with van der Waals surface area (Å²) in [6.07, 6.45) is 1.68. The molecule has 0 saturated heterocycles. The number of aliphatic imine (C=N–C) groups is 1. The number of benzene rings is 2. The van der Waals surface area contributed by atoms with Crippen LogP contribution in [-0.2, 0) is 0 Å². The lowest BCUT2D eigenvalue weighted by atomic mass is 10.2. The van der Waals surface area contributed by atoms with Gasteiger partial charge in [0, 0.05) is 12.3 Å². The van der Waals surface area contributed by atoms with Crippen molar-refractivity contribution in [2.45, 2.75) is 0 Å². The van der Waals surface area contributed by atoms with Crippen molar-refractivity contribution < 1.29 is 14.6 Å². The van der Waals surface area contributed by atoms with Gasteiger partial charge in [0.2, 0.25) is 0 Å². The van der Waals surface area contributed by atoms with Gasteiger partial charge in [0.25, 0.3) is 0 Å². The summed E-state index contributed by atoms with van der Waals surface area (Å²) < 4.78 is 10.4. The third-order valence-electron chi connectivity index (χ3n) is 2.60. The Morgan fingerprint density at radius 2 is 1.79 bits per heavy atom. The van der Waals surface area contributed by atoms with Crippen molar-refractivity contribution in [3.8, 4) is 17.2 Å². The number of nitrogens with zero attached hydrogens (tertiary/aromatic N) is 1. The van der Waals surface area contributed by atoms with Crippen LogP contribution in [0.4, 0.5) is 5.69 Å². The van der Waals surface area contributed by atoms with E-state index in [0.29, 0.717) is 11.5 Å². The quantitative estimate of drug-likeness (QED) is 0.856. The van der Waals surface area contributed by atoms with Crippen molar-refractivity contribution >= 4 is 11.9 Å². The van der Waals surface area contributed by atoms with Crippen LogP contribution in [0.25, 0.3) is 0 Å². The highest BCUT2D eigenvalue weighted by molar-refractivity contribution is 5.82. The predicted molar refractivity (Wildman–Crippen MR) is 74.9 cm³/mol. The molecule has 0 bridgehead atoms. The van der Waals surface area contributed by atoms with Gasteiger partial charge in [-0.3, -0.25) is 4.99 Å². The molecule has 0 aliphatic rings. The van der Waals surface area contributed by atoms with Crippen molar-refractivity contribution in [2.75, 3.05) is 14.2 Å². The molecule has 0 aromatic heterocycles. The SMILES string of the molecule is COc1ccc(N=Cc2cccc(O)c2)cc1OC. The first-order chi connectivity index (χ1) is 9.22. The van der Waals surface area contributed by atoms with Crippen molar-refractivity contribution in [3.63, 3.8) is 0 Å². The summed E-state index contributed by atoms with van der Waals surface area (Å²) in [5, 5.41) is 9.36. The van der Waals surface area contributed by atoms with E-state index in [0.717, 1.165) is 11.3 Å². The zero-order chi connectivity index (χ0) is 13.7. The molecule has 0 radical (unpaired) electrons. The molecule has 0 aliphatic heterocycles. The van der Waals surface area contributed by atoms with Gasteiger partial charge in [-0.15, -0.1) is 0 Å². The first-order valence-electron chi connectivity index (χ1n) is 5.78. The molecule has 0 unspecified atom stereocenters. The van der Waals surface area contributed by atoms with Crippen LogP contribution in [0.2, 0.25) is 0 Å². The van der Waals surface area contributed by atoms with Crippen molar-refractivity contribution in [3.05, 3.63) is 48.0 Å². The maximum Gasteiger partial charge on any atom is 0.162 e. The summed E-state index contributed by atoms with van der Waals surface area (Å²) >= 11 is 0. The van der Waals surface area contributed by atoms with E-state index >= 15 is 0 Å². The average Bonchev–Trinajstić information content (AvgIpc) is 2.45. The summed E-state index contributed by atoms with van der Waals surface area (Å²) in [6, 6.07) is 12.3. The highest BCUT2D eigenvalue weighted by Crippen LogP contribution is 2.30. The van der Waals surface area contributed by atoms with E-state index < -0.39 is 0 Å². The number of aromatic hydroxyl groups is 1. The minimum atomic E-state index is 0.219. The van der Waals surface area contributed by atoms with E-state index in [2.05, 4.69) is 4.99 Å². The monoisotopic (exact) mass is 257 g/mol. The van der Waals surface area contributed by atoms with E-state index in [1.165, 1.54) is 0 Å². The van der Waals surface area contributed by atoms with E-state index in [1.807, 2.05) is 12.1 Å². The number of phenols is 1. The Morgan fingerprint density at radius 3 is 2.47 bits per heavy atom. The standard InChI is InChI=1S/C15H15NO3/c1-18-14-7-6-12(9-15(14)19-2)16-10-11-4-3-5-13(17)8-11/h3-10,17H,1-2H3. The normalized spacial score (nSPS) is 10.6. The summed E-state index contributed by atoms with van der Waals surface area (Å²) in [5.41, 5.74) is 1.58. The molecule has 4 heteroatoms. The van der Waals surface area contributed by atoms with Crippen molar-refractivity contribution in [2.24, 2.45) is 4.99 Å². The molecular formula is C15H15NO3. The fraction of sp³-hybridized carbons (Fsp3) is 0.133. The van der Waals surface area contributed by atoms with E-state index in [1.54, 1.807) is 50.8 Å². The van der Waals surface area contributed by atoms with E-state index in [9.17, 15) is 5.11 Å². The van der Waals surface area contributed by atoms with E-state index in [4.69, 9.17) is 9.47 Å². The van der Waals surface area contributed by atoms with Gasteiger partial charge in [-0.25, -0.2) is 0 Å². The fourth-order valence-electron chi connectivity index (χ4n) is 1.66. The average molecular weight is 257 g/mol. The largest absolute Gasteiger partial charge is 0.508 e. The third-order valence-corrected chi connectivity index (χ3v) is 2.60. The molecule has 0 spiro atoms. The zero-order valence-electron chi connectivity index (χ0n) is 10.8. The van der Waals surface area contributed by atoms with Gasteiger partial charge in [0.1, 0.15) is 5.75 Å². The predicted octanol–water partition coefficient (Wildman–Crippen LogP) is 3.16. The Labute approximate surface area is 111 Å². The molecular weight excluding hydrogens is 242 g/mol. The second-order valence-corrected chi connectivity index (χ2v) is 3.89. The molecule has 19 heavy (non-hydrogen) atoms. The van der Waals surface area contributed by atoms with Gasteiger partial charge < -0.3 is 14.6 Å². The lowest BCUT2D eigenvalue weighted by Crippen LogP contribution is -1.89. The minimum absolute atomic E-state index is 0.219. The Morgan fingerprint density at radius 1 is 1.00 bits per heavy atom. The summed E-state index contributed by atoms with van der Waals surface area (Å²) in [6.45, 7) is 0. The number of methoxy groups -OCH3 is 2. The lowest BCUT2D eigenvalue weighted by molar-refractivity contribution is 0.355. The topological polar surface area (TPSA) is 51.0 Å². The molecule has 2 aromatic carbocycles. The molecule has 0 fully saturated rings. The van der Waals surface area contributed by atoms with Gasteiger partial charge in [0.15, 0.2) is 11.5 Å². The number of phenolic OH excluding ortho intramolecular Hbond substituents is 1. The van der Waals surface area contributed by atoms with Crippen LogP contribution < -0.4 is 9.47 Å². The third kappa shape index (κ3) is 3.25. The van der Waals surface area contributed by atoms with Gasteiger partial charge in [-0.05, 0) is 29.8 Å². The second-order valence-electron chi connectivity index (χ2n) is 3.89. The molecule has 2 aromatic rings. The van der Waals surface area contributed by atoms with Crippen LogP contribution in [0.1, 0.15) is 5.56 Å². The van der Waals surface area contributed by atoms with Crippen LogP contribution >= 0.6 is 0 Å². The molecule has 1 N–H and O–H groups in total. The van der Waals surface area contributed by atoms with Crippen LogP contribution in [-0.4, -0.2) is 25.5 Å². The smallest absolute Gasteiger partial charge is 0.162 e. The van der Waals surface area contributed by atoms with Gasteiger partial charge in [-0.1, -0.05) is 12.1 Å². The van der Waals surface area contributed by atoms with Gasteiger partial charge in [-0.2, -0.15) is 0 Å². The van der Waals surface area contributed by atoms with Crippen molar-refractivity contribution in [1.82, 2.24) is 0 Å². The first-order valence-corrected chi connectivity index (χ1v) is 5.78. The Hall–Kier alpha value is -2.49. The first kappa shape index (κ1) is 13.0. The van der Waals surface area contributed by atoms with Crippen LogP contribution in [0, 0.1) is 0 Å². The Balaban J connectivity index is 2.23. The molecule has 0 heterocycles.